The number of methoxy groups -OCH3 is 1. The summed E-state index contributed by atoms with van der Waals surface area (Å²) < 4.78 is 7.23. The van der Waals surface area contributed by atoms with Gasteiger partial charge in [-0.2, -0.15) is 0 Å². The molecule has 29 heavy (non-hydrogen) atoms. The van der Waals surface area contributed by atoms with Crippen molar-refractivity contribution in [2.45, 2.75) is 12.1 Å². The van der Waals surface area contributed by atoms with Crippen molar-refractivity contribution in [2.24, 2.45) is 7.05 Å². The summed E-state index contributed by atoms with van der Waals surface area (Å²) in [5, 5.41) is 13.3. The Morgan fingerprint density at radius 2 is 2.07 bits per heavy atom. The Bertz CT molecular complexity index is 1240. The third kappa shape index (κ3) is 3.86. The number of benzene rings is 2. The van der Waals surface area contributed by atoms with Gasteiger partial charge in [-0.05, 0) is 37.3 Å². The van der Waals surface area contributed by atoms with E-state index in [9.17, 15) is 4.79 Å². The molecule has 148 valence electrons. The number of hydrogen-bond donors (Lipinski definition) is 1. The summed E-state index contributed by atoms with van der Waals surface area (Å²) in [5.74, 6) is 0.455. The predicted molar refractivity (Wildman–Crippen MR) is 116 cm³/mol. The highest BCUT2D eigenvalue weighted by atomic mass is 35.5. The second-order valence-electron chi connectivity index (χ2n) is 6.53. The predicted octanol–water partition coefficient (Wildman–Crippen LogP) is 4.22. The number of ether oxygens (including phenoxy) is 1. The zero-order chi connectivity index (χ0) is 20.5. The van der Waals surface area contributed by atoms with Crippen LogP contribution < -0.4 is 10.1 Å². The number of hydrogen-bond acceptors (Lipinski definition) is 6. The highest BCUT2D eigenvalue weighted by molar-refractivity contribution is 7.99. The van der Waals surface area contributed by atoms with E-state index in [0.717, 1.165) is 27.6 Å². The summed E-state index contributed by atoms with van der Waals surface area (Å²) in [5.41, 5.74) is 4.20. The number of nitrogens with zero attached hydrogens (tertiary/aromatic N) is 4. The third-order valence-corrected chi connectivity index (χ3v) is 5.58. The minimum atomic E-state index is -0.216. The molecule has 0 bridgehead atoms. The number of nitrogens with one attached hydrogen (secondary N) is 1. The van der Waals surface area contributed by atoms with Crippen LogP contribution >= 0.6 is 23.4 Å². The van der Waals surface area contributed by atoms with Crippen LogP contribution in [0.4, 0.5) is 5.69 Å². The molecule has 4 aromatic rings. The van der Waals surface area contributed by atoms with Crippen LogP contribution in [0, 0.1) is 6.92 Å². The summed E-state index contributed by atoms with van der Waals surface area (Å²) >= 11 is 7.22. The minimum absolute atomic E-state index is 0.131. The van der Waals surface area contributed by atoms with E-state index < -0.39 is 0 Å². The molecule has 2 heterocycles. The SMILES string of the molecule is COc1ccc(Cl)cc1NC(=O)CSc1nnc2c3cc(C)ccc3n(C)c2n1. The molecule has 2 aromatic heterocycles. The maximum Gasteiger partial charge on any atom is 0.234 e. The largest absolute Gasteiger partial charge is 0.495 e. The van der Waals surface area contributed by atoms with E-state index in [0.29, 0.717) is 21.6 Å². The number of amides is 1. The first-order valence-corrected chi connectivity index (χ1v) is 10.2. The lowest BCUT2D eigenvalue weighted by molar-refractivity contribution is -0.113. The van der Waals surface area contributed by atoms with Crippen molar-refractivity contribution in [1.82, 2.24) is 19.7 Å². The molecule has 0 saturated heterocycles. The molecule has 0 radical (unpaired) electrons. The van der Waals surface area contributed by atoms with Gasteiger partial charge in [0.05, 0.1) is 24.1 Å². The molecule has 0 aliphatic heterocycles. The zero-order valence-electron chi connectivity index (χ0n) is 16.1. The smallest absolute Gasteiger partial charge is 0.234 e. The quantitative estimate of drug-likeness (QED) is 0.480. The fourth-order valence-electron chi connectivity index (χ4n) is 3.11. The number of anilines is 1. The number of thioether (sulfide) groups is 1. The van der Waals surface area contributed by atoms with Crippen molar-refractivity contribution >= 4 is 57.0 Å². The lowest BCUT2D eigenvalue weighted by atomic mass is 10.2. The summed E-state index contributed by atoms with van der Waals surface area (Å²) in [7, 11) is 3.48. The zero-order valence-corrected chi connectivity index (χ0v) is 17.6. The van der Waals surface area contributed by atoms with Crippen molar-refractivity contribution in [2.75, 3.05) is 18.2 Å². The maximum atomic E-state index is 12.4. The Kier molecular flexibility index (Phi) is 5.29. The van der Waals surface area contributed by atoms with E-state index in [2.05, 4.69) is 32.6 Å². The van der Waals surface area contributed by atoms with Crippen molar-refractivity contribution in [3.63, 3.8) is 0 Å². The van der Waals surface area contributed by atoms with Gasteiger partial charge in [-0.25, -0.2) is 4.98 Å². The van der Waals surface area contributed by atoms with Crippen molar-refractivity contribution in [1.29, 1.82) is 0 Å². The van der Waals surface area contributed by atoms with Crippen LogP contribution in [0.15, 0.2) is 41.6 Å². The van der Waals surface area contributed by atoms with Crippen LogP contribution in [0.25, 0.3) is 22.1 Å². The molecule has 0 unspecified atom stereocenters. The fourth-order valence-corrected chi connectivity index (χ4v) is 3.87. The lowest BCUT2D eigenvalue weighted by Gasteiger charge is -2.10. The maximum absolute atomic E-state index is 12.4. The van der Waals surface area contributed by atoms with Gasteiger partial charge in [0.25, 0.3) is 0 Å². The second kappa shape index (κ2) is 7.88. The Labute approximate surface area is 176 Å². The van der Waals surface area contributed by atoms with Crippen LogP contribution in [-0.2, 0) is 11.8 Å². The van der Waals surface area contributed by atoms with E-state index in [1.54, 1.807) is 18.2 Å². The first-order chi connectivity index (χ1) is 14.0. The molecule has 0 atom stereocenters. The molecule has 0 aliphatic rings. The summed E-state index contributed by atoms with van der Waals surface area (Å²) in [6.45, 7) is 2.04. The van der Waals surface area contributed by atoms with E-state index >= 15 is 0 Å². The van der Waals surface area contributed by atoms with Gasteiger partial charge >= 0.3 is 0 Å². The first-order valence-electron chi connectivity index (χ1n) is 8.82. The Balaban J connectivity index is 1.53. The number of fused-ring (bicyclic) bond motifs is 3. The Morgan fingerprint density at radius 1 is 1.24 bits per heavy atom. The number of carbonyl (C=O) groups is 1. The molecule has 0 aliphatic carbocycles. The molecule has 0 saturated carbocycles. The third-order valence-electron chi connectivity index (χ3n) is 4.50. The van der Waals surface area contributed by atoms with Crippen LogP contribution in [0.3, 0.4) is 0 Å². The number of carbonyl (C=O) groups excluding carboxylic acids is 1. The molecular formula is C20H18ClN5O2S. The van der Waals surface area contributed by atoms with Gasteiger partial charge in [-0.15, -0.1) is 10.2 Å². The highest BCUT2D eigenvalue weighted by Gasteiger charge is 2.14. The molecule has 0 fully saturated rings. The standard InChI is InChI=1S/C20H18ClN5O2S/c1-11-4-6-15-13(8-11)18-19(26(15)2)23-20(25-24-18)29-10-17(27)22-14-9-12(21)5-7-16(14)28-3/h4-9H,10H2,1-3H3,(H,22,27). The molecule has 4 rings (SSSR count). The Hall–Kier alpha value is -2.84. The second-order valence-corrected chi connectivity index (χ2v) is 7.91. The average molecular weight is 428 g/mol. The highest BCUT2D eigenvalue weighted by Crippen LogP contribution is 2.29. The van der Waals surface area contributed by atoms with E-state index in [-0.39, 0.29) is 11.7 Å². The molecule has 9 heteroatoms. The Morgan fingerprint density at radius 3 is 2.86 bits per heavy atom. The number of aryl methyl sites for hydroxylation is 2. The normalized spacial score (nSPS) is 11.2. The van der Waals surface area contributed by atoms with Crippen LogP contribution in [-0.4, -0.2) is 38.5 Å². The number of halogens is 1. The monoisotopic (exact) mass is 427 g/mol. The van der Waals surface area contributed by atoms with Crippen molar-refractivity contribution in [3.8, 4) is 5.75 Å². The molecular weight excluding hydrogens is 410 g/mol. The van der Waals surface area contributed by atoms with Crippen molar-refractivity contribution in [3.05, 3.63) is 47.0 Å². The van der Waals surface area contributed by atoms with Crippen LogP contribution in [0.1, 0.15) is 5.56 Å². The minimum Gasteiger partial charge on any atom is -0.495 e. The van der Waals surface area contributed by atoms with E-state index in [4.69, 9.17) is 16.3 Å². The summed E-state index contributed by atoms with van der Waals surface area (Å²) in [6, 6.07) is 11.2. The van der Waals surface area contributed by atoms with Crippen LogP contribution in [0.2, 0.25) is 5.02 Å². The van der Waals surface area contributed by atoms with Crippen LogP contribution in [0.5, 0.6) is 5.75 Å². The first kappa shape index (κ1) is 19.5. The van der Waals surface area contributed by atoms with Gasteiger partial charge in [-0.3, -0.25) is 4.79 Å². The average Bonchev–Trinajstić information content (AvgIpc) is 2.98. The van der Waals surface area contributed by atoms with Gasteiger partial charge in [-0.1, -0.05) is 35.0 Å². The molecule has 2 aromatic carbocycles. The summed E-state index contributed by atoms with van der Waals surface area (Å²) in [4.78, 5) is 17.0. The van der Waals surface area contributed by atoms with Gasteiger partial charge in [0, 0.05) is 17.5 Å². The van der Waals surface area contributed by atoms with Gasteiger partial charge in [0.15, 0.2) is 5.65 Å². The molecule has 1 N–H and O–H groups in total. The number of aromatic nitrogens is 4. The van der Waals surface area contributed by atoms with E-state index in [1.165, 1.54) is 18.9 Å². The van der Waals surface area contributed by atoms with Gasteiger partial charge in [0.2, 0.25) is 11.1 Å². The fraction of sp³-hybridized carbons (Fsp3) is 0.200. The topological polar surface area (TPSA) is 81.9 Å². The number of rotatable bonds is 5. The molecule has 0 spiro atoms. The van der Waals surface area contributed by atoms with Gasteiger partial charge < -0.3 is 14.6 Å². The molecule has 1 amide bonds. The van der Waals surface area contributed by atoms with Gasteiger partial charge in [0.1, 0.15) is 11.3 Å². The summed E-state index contributed by atoms with van der Waals surface area (Å²) in [6.07, 6.45) is 0. The molecule has 7 nitrogen and oxygen atoms in total. The lowest BCUT2D eigenvalue weighted by Crippen LogP contribution is -2.15. The van der Waals surface area contributed by atoms with Crippen molar-refractivity contribution < 1.29 is 9.53 Å². The van der Waals surface area contributed by atoms with E-state index in [1.807, 2.05) is 24.6 Å².